The van der Waals surface area contributed by atoms with Crippen LogP contribution in [0.25, 0.3) is 21.9 Å². The SMILES string of the molecule is Oc1cc(Cl)cc2c1oc1ccc(Cl)cc12. The van der Waals surface area contributed by atoms with Gasteiger partial charge < -0.3 is 9.52 Å². The summed E-state index contributed by atoms with van der Waals surface area (Å²) in [5, 5.41) is 12.4. The second-order valence-corrected chi connectivity index (χ2v) is 4.42. The summed E-state index contributed by atoms with van der Waals surface area (Å²) >= 11 is 11.8. The summed E-state index contributed by atoms with van der Waals surface area (Å²) in [4.78, 5) is 0. The highest BCUT2D eigenvalue weighted by atomic mass is 35.5. The average Bonchev–Trinajstić information content (AvgIpc) is 2.57. The van der Waals surface area contributed by atoms with Crippen LogP contribution in [0.15, 0.2) is 34.7 Å². The Morgan fingerprint density at radius 3 is 2.50 bits per heavy atom. The second-order valence-electron chi connectivity index (χ2n) is 3.54. The molecule has 1 aromatic heterocycles. The van der Waals surface area contributed by atoms with Crippen molar-refractivity contribution < 1.29 is 9.52 Å². The van der Waals surface area contributed by atoms with Crippen LogP contribution in [0.2, 0.25) is 10.0 Å². The lowest BCUT2D eigenvalue weighted by Crippen LogP contribution is -1.69. The van der Waals surface area contributed by atoms with Gasteiger partial charge in [-0.3, -0.25) is 0 Å². The number of aromatic hydroxyl groups is 1. The molecule has 0 amide bonds. The Morgan fingerprint density at radius 2 is 1.69 bits per heavy atom. The van der Waals surface area contributed by atoms with E-state index in [1.54, 1.807) is 24.3 Å². The lowest BCUT2D eigenvalue weighted by atomic mass is 10.1. The number of fused-ring (bicyclic) bond motifs is 3. The summed E-state index contributed by atoms with van der Waals surface area (Å²) in [6.45, 7) is 0. The molecular formula is C12H6Cl2O2. The molecule has 0 unspecified atom stereocenters. The standard InChI is InChI=1S/C12H6Cl2O2/c13-6-1-2-11-8(3-6)9-4-7(14)5-10(15)12(9)16-11/h1-5,15H. The molecule has 0 saturated heterocycles. The van der Waals surface area contributed by atoms with Crippen molar-refractivity contribution >= 4 is 45.1 Å². The fourth-order valence-electron chi connectivity index (χ4n) is 1.80. The summed E-state index contributed by atoms with van der Waals surface area (Å²) in [7, 11) is 0. The Balaban J connectivity index is 2.57. The maximum Gasteiger partial charge on any atom is 0.177 e. The van der Waals surface area contributed by atoms with Gasteiger partial charge in [0.1, 0.15) is 5.58 Å². The fourth-order valence-corrected chi connectivity index (χ4v) is 2.18. The summed E-state index contributed by atoms with van der Waals surface area (Å²) in [5.41, 5.74) is 1.11. The molecule has 4 heteroatoms. The maximum absolute atomic E-state index is 9.71. The lowest BCUT2D eigenvalue weighted by molar-refractivity contribution is 0.469. The van der Waals surface area contributed by atoms with Crippen LogP contribution in [-0.2, 0) is 0 Å². The summed E-state index contributed by atoms with van der Waals surface area (Å²) in [6.07, 6.45) is 0. The molecule has 2 nitrogen and oxygen atoms in total. The van der Waals surface area contributed by atoms with Gasteiger partial charge in [-0.1, -0.05) is 23.2 Å². The van der Waals surface area contributed by atoms with Gasteiger partial charge in [0.25, 0.3) is 0 Å². The molecule has 0 saturated carbocycles. The zero-order chi connectivity index (χ0) is 11.3. The molecule has 0 spiro atoms. The zero-order valence-corrected chi connectivity index (χ0v) is 9.51. The van der Waals surface area contributed by atoms with Gasteiger partial charge in [-0.25, -0.2) is 0 Å². The Morgan fingerprint density at radius 1 is 0.938 bits per heavy atom. The van der Waals surface area contributed by atoms with Gasteiger partial charge in [-0.15, -0.1) is 0 Å². The van der Waals surface area contributed by atoms with Crippen molar-refractivity contribution in [2.24, 2.45) is 0 Å². The number of rotatable bonds is 0. The Bertz CT molecular complexity index is 701. The molecular weight excluding hydrogens is 247 g/mol. The fraction of sp³-hybridized carbons (Fsp3) is 0. The van der Waals surface area contributed by atoms with E-state index >= 15 is 0 Å². The first-order chi connectivity index (χ1) is 7.65. The molecule has 0 atom stereocenters. The lowest BCUT2D eigenvalue weighted by Gasteiger charge is -1.94. The third-order valence-corrected chi connectivity index (χ3v) is 2.93. The molecule has 16 heavy (non-hydrogen) atoms. The van der Waals surface area contributed by atoms with Crippen molar-refractivity contribution in [1.82, 2.24) is 0 Å². The number of furan rings is 1. The van der Waals surface area contributed by atoms with Crippen LogP contribution in [0, 0.1) is 0 Å². The van der Waals surface area contributed by atoms with E-state index in [0.717, 1.165) is 10.8 Å². The minimum Gasteiger partial charge on any atom is -0.504 e. The molecule has 0 aliphatic rings. The predicted octanol–water partition coefficient (Wildman–Crippen LogP) is 4.60. The highest BCUT2D eigenvalue weighted by Gasteiger charge is 2.11. The molecule has 0 bridgehead atoms. The van der Waals surface area contributed by atoms with Crippen LogP contribution in [0.3, 0.4) is 0 Å². The first kappa shape index (κ1) is 9.82. The number of benzene rings is 2. The first-order valence-corrected chi connectivity index (χ1v) is 5.41. The van der Waals surface area contributed by atoms with Crippen molar-refractivity contribution in [3.63, 3.8) is 0 Å². The van der Waals surface area contributed by atoms with E-state index in [9.17, 15) is 5.11 Å². The largest absolute Gasteiger partial charge is 0.504 e. The van der Waals surface area contributed by atoms with Crippen molar-refractivity contribution in [2.75, 3.05) is 0 Å². The van der Waals surface area contributed by atoms with E-state index in [1.807, 2.05) is 0 Å². The van der Waals surface area contributed by atoms with Gasteiger partial charge in [0, 0.05) is 26.9 Å². The second kappa shape index (κ2) is 3.30. The summed E-state index contributed by atoms with van der Waals surface area (Å²) in [5.74, 6) is 0.0369. The summed E-state index contributed by atoms with van der Waals surface area (Å²) in [6, 6.07) is 8.50. The quantitative estimate of drug-likeness (QED) is 0.635. The topological polar surface area (TPSA) is 33.4 Å². The van der Waals surface area contributed by atoms with Crippen LogP contribution in [0.4, 0.5) is 0 Å². The maximum atomic E-state index is 9.71. The normalized spacial score (nSPS) is 11.4. The monoisotopic (exact) mass is 252 g/mol. The Labute approximate surface area is 101 Å². The van der Waals surface area contributed by atoms with Crippen LogP contribution in [0.5, 0.6) is 5.75 Å². The molecule has 1 heterocycles. The van der Waals surface area contributed by atoms with Crippen LogP contribution in [0.1, 0.15) is 0 Å². The predicted molar refractivity (Wildman–Crippen MR) is 65.4 cm³/mol. The average molecular weight is 253 g/mol. The van der Waals surface area contributed by atoms with Gasteiger partial charge in [0.15, 0.2) is 11.3 Å². The zero-order valence-electron chi connectivity index (χ0n) is 8.00. The van der Waals surface area contributed by atoms with Crippen LogP contribution < -0.4 is 0 Å². The smallest absolute Gasteiger partial charge is 0.177 e. The molecule has 3 aromatic rings. The highest BCUT2D eigenvalue weighted by molar-refractivity contribution is 6.33. The molecule has 3 rings (SSSR count). The van der Waals surface area contributed by atoms with Crippen LogP contribution >= 0.6 is 23.2 Å². The van der Waals surface area contributed by atoms with E-state index in [4.69, 9.17) is 27.6 Å². The number of halogens is 2. The van der Waals surface area contributed by atoms with Crippen molar-refractivity contribution in [3.05, 3.63) is 40.4 Å². The molecule has 2 aromatic carbocycles. The van der Waals surface area contributed by atoms with E-state index in [2.05, 4.69) is 0 Å². The molecule has 0 aliphatic carbocycles. The van der Waals surface area contributed by atoms with Crippen molar-refractivity contribution in [3.8, 4) is 5.75 Å². The van der Waals surface area contributed by atoms with Crippen LogP contribution in [-0.4, -0.2) is 5.11 Å². The third-order valence-electron chi connectivity index (χ3n) is 2.48. The number of hydrogen-bond donors (Lipinski definition) is 1. The first-order valence-electron chi connectivity index (χ1n) is 4.65. The molecule has 0 radical (unpaired) electrons. The highest BCUT2D eigenvalue weighted by Crippen LogP contribution is 2.37. The van der Waals surface area contributed by atoms with E-state index in [-0.39, 0.29) is 5.75 Å². The van der Waals surface area contributed by atoms with Gasteiger partial charge in [0.05, 0.1) is 0 Å². The minimum atomic E-state index is 0.0369. The molecule has 80 valence electrons. The van der Waals surface area contributed by atoms with E-state index < -0.39 is 0 Å². The van der Waals surface area contributed by atoms with E-state index in [1.165, 1.54) is 6.07 Å². The van der Waals surface area contributed by atoms with E-state index in [0.29, 0.717) is 21.2 Å². The minimum absolute atomic E-state index is 0.0369. The van der Waals surface area contributed by atoms with Gasteiger partial charge in [0.2, 0.25) is 0 Å². The van der Waals surface area contributed by atoms with Gasteiger partial charge in [-0.05, 0) is 24.3 Å². The summed E-state index contributed by atoms with van der Waals surface area (Å²) < 4.78 is 5.53. The molecule has 0 fully saturated rings. The third kappa shape index (κ3) is 1.34. The Hall–Kier alpha value is -1.38. The molecule has 1 N–H and O–H groups in total. The molecule has 0 aliphatic heterocycles. The number of hydrogen-bond acceptors (Lipinski definition) is 2. The van der Waals surface area contributed by atoms with Crippen molar-refractivity contribution in [2.45, 2.75) is 0 Å². The number of phenolic OH excluding ortho intramolecular Hbond substituents is 1. The Kier molecular flexibility index (Phi) is 2.03. The van der Waals surface area contributed by atoms with Gasteiger partial charge >= 0.3 is 0 Å². The van der Waals surface area contributed by atoms with Gasteiger partial charge in [-0.2, -0.15) is 0 Å². The van der Waals surface area contributed by atoms with Crippen molar-refractivity contribution in [1.29, 1.82) is 0 Å². The number of phenols is 1.